The van der Waals surface area contributed by atoms with E-state index in [1.165, 1.54) is 27.1 Å². The van der Waals surface area contributed by atoms with Crippen molar-refractivity contribution in [1.82, 2.24) is 9.88 Å². The van der Waals surface area contributed by atoms with E-state index in [1.54, 1.807) is 7.11 Å². The highest BCUT2D eigenvalue weighted by Gasteiger charge is 2.22. The van der Waals surface area contributed by atoms with E-state index in [0.717, 1.165) is 25.3 Å². The molecule has 0 bridgehead atoms. The zero-order chi connectivity index (χ0) is 21.5. The first kappa shape index (κ1) is 21.9. The first-order valence-electron chi connectivity index (χ1n) is 10.8. The highest BCUT2D eigenvalue weighted by Crippen LogP contribution is 2.31. The Labute approximate surface area is 189 Å². The lowest BCUT2D eigenvalue weighted by Crippen LogP contribution is -2.33. The summed E-state index contributed by atoms with van der Waals surface area (Å²) in [4.78, 5) is 8.35. The summed E-state index contributed by atoms with van der Waals surface area (Å²) in [6.07, 6.45) is 3.03. The Morgan fingerprint density at radius 1 is 1.03 bits per heavy atom. The molecule has 0 aliphatic carbocycles. The van der Waals surface area contributed by atoms with Crippen molar-refractivity contribution < 1.29 is 9.47 Å². The van der Waals surface area contributed by atoms with Crippen LogP contribution in [0.3, 0.4) is 0 Å². The Bertz CT molecular complexity index is 963. The Kier molecular flexibility index (Phi) is 7.62. The molecule has 1 aromatic heterocycles. The summed E-state index contributed by atoms with van der Waals surface area (Å²) >= 11 is 1.91. The van der Waals surface area contributed by atoms with Gasteiger partial charge < -0.3 is 9.47 Å². The van der Waals surface area contributed by atoms with Crippen molar-refractivity contribution in [3.8, 4) is 5.88 Å². The number of rotatable bonds is 9. The van der Waals surface area contributed by atoms with Gasteiger partial charge in [0.15, 0.2) is 0 Å². The first-order valence-corrected chi connectivity index (χ1v) is 11.8. The van der Waals surface area contributed by atoms with Crippen molar-refractivity contribution in [3.63, 3.8) is 0 Å². The van der Waals surface area contributed by atoms with E-state index in [9.17, 15) is 0 Å². The lowest BCUT2D eigenvalue weighted by atomic mass is 9.97. The maximum Gasteiger partial charge on any atom is 0.213 e. The van der Waals surface area contributed by atoms with Gasteiger partial charge in [0.2, 0.25) is 5.88 Å². The largest absolute Gasteiger partial charge is 0.475 e. The predicted molar refractivity (Wildman–Crippen MR) is 127 cm³/mol. The quantitative estimate of drug-likeness (QED) is 0.327. The van der Waals surface area contributed by atoms with Gasteiger partial charge in [0, 0.05) is 49.2 Å². The van der Waals surface area contributed by atoms with Gasteiger partial charge in [0.25, 0.3) is 0 Å². The molecule has 2 aromatic carbocycles. The van der Waals surface area contributed by atoms with Gasteiger partial charge in [-0.15, -0.1) is 11.8 Å². The monoisotopic (exact) mass is 434 g/mol. The molecule has 5 heteroatoms. The maximum atomic E-state index is 5.59. The summed E-state index contributed by atoms with van der Waals surface area (Å²) in [5.74, 6) is 1.65. The second-order valence-electron chi connectivity index (χ2n) is 7.87. The Hall–Kier alpha value is -2.34. The van der Waals surface area contributed by atoms with Crippen LogP contribution < -0.4 is 4.74 Å². The molecule has 0 spiro atoms. The van der Waals surface area contributed by atoms with E-state index in [2.05, 4.69) is 71.4 Å². The molecule has 0 amide bonds. The van der Waals surface area contributed by atoms with Crippen molar-refractivity contribution in [1.29, 1.82) is 0 Å². The minimum Gasteiger partial charge on any atom is -0.475 e. The molecule has 1 aliphatic heterocycles. The van der Waals surface area contributed by atoms with Crippen LogP contribution in [-0.2, 0) is 23.5 Å². The van der Waals surface area contributed by atoms with Gasteiger partial charge >= 0.3 is 0 Å². The number of fused-ring (bicyclic) bond motifs is 1. The molecule has 31 heavy (non-hydrogen) atoms. The number of methoxy groups -OCH3 is 1. The first-order chi connectivity index (χ1) is 15.2. The fourth-order valence-corrected chi connectivity index (χ4v) is 4.80. The molecular formula is C26H30N2O2S. The normalized spacial score (nSPS) is 14.8. The van der Waals surface area contributed by atoms with Crippen LogP contribution in [0.5, 0.6) is 5.88 Å². The van der Waals surface area contributed by atoms with Crippen molar-refractivity contribution in [2.24, 2.45) is 0 Å². The summed E-state index contributed by atoms with van der Waals surface area (Å²) in [7, 11) is 1.67. The van der Waals surface area contributed by atoms with Crippen molar-refractivity contribution in [2.75, 3.05) is 26.9 Å². The van der Waals surface area contributed by atoms with Crippen molar-refractivity contribution in [3.05, 3.63) is 89.1 Å². The zero-order valence-electron chi connectivity index (χ0n) is 18.3. The zero-order valence-corrected chi connectivity index (χ0v) is 19.1. The highest BCUT2D eigenvalue weighted by molar-refractivity contribution is 7.98. The van der Waals surface area contributed by atoms with Gasteiger partial charge in [0.1, 0.15) is 6.61 Å². The fourth-order valence-electron chi connectivity index (χ4n) is 3.88. The number of ether oxygens (including phenoxy) is 2. The van der Waals surface area contributed by atoms with Crippen LogP contribution in [0.15, 0.2) is 71.8 Å². The summed E-state index contributed by atoms with van der Waals surface area (Å²) in [5, 5.41) is 0. The molecule has 0 fully saturated rings. The Morgan fingerprint density at radius 3 is 2.68 bits per heavy atom. The van der Waals surface area contributed by atoms with Gasteiger partial charge in [-0.2, -0.15) is 0 Å². The van der Waals surface area contributed by atoms with E-state index >= 15 is 0 Å². The average molecular weight is 435 g/mol. The average Bonchev–Trinajstić information content (AvgIpc) is 2.83. The van der Waals surface area contributed by atoms with Crippen LogP contribution in [0.4, 0.5) is 0 Å². The van der Waals surface area contributed by atoms with Crippen LogP contribution in [0.1, 0.15) is 35.2 Å². The van der Waals surface area contributed by atoms with Gasteiger partial charge in [-0.05, 0) is 47.7 Å². The molecule has 0 saturated carbocycles. The molecule has 162 valence electrons. The van der Waals surface area contributed by atoms with Crippen LogP contribution in [0, 0.1) is 0 Å². The lowest BCUT2D eigenvalue weighted by Gasteiger charge is -2.34. The van der Waals surface area contributed by atoms with Crippen LogP contribution >= 0.6 is 11.8 Å². The summed E-state index contributed by atoms with van der Waals surface area (Å²) in [5.41, 5.74) is 5.51. The maximum absolute atomic E-state index is 5.59. The smallest absolute Gasteiger partial charge is 0.213 e. The summed E-state index contributed by atoms with van der Waals surface area (Å²) < 4.78 is 10.6. The molecule has 1 aliphatic rings. The van der Waals surface area contributed by atoms with E-state index in [-0.39, 0.29) is 0 Å². The van der Waals surface area contributed by atoms with Gasteiger partial charge in [-0.25, -0.2) is 4.98 Å². The van der Waals surface area contributed by atoms with E-state index < -0.39 is 0 Å². The minimum absolute atomic E-state index is 0.314. The van der Waals surface area contributed by atoms with Crippen LogP contribution in [-0.4, -0.2) is 36.8 Å². The SMILES string of the molecule is COCCOc1ccc(C(C)N2CCc3ccc(SCc4ccccc4)cc3C2)cn1. The minimum atomic E-state index is 0.314. The molecule has 0 saturated heterocycles. The second-order valence-corrected chi connectivity index (χ2v) is 8.92. The molecule has 0 radical (unpaired) electrons. The van der Waals surface area contributed by atoms with Gasteiger partial charge in [-0.1, -0.05) is 42.5 Å². The Balaban J connectivity index is 1.38. The summed E-state index contributed by atoms with van der Waals surface area (Å²) in [6, 6.07) is 22.0. The third-order valence-corrected chi connectivity index (χ3v) is 6.86. The third-order valence-electron chi connectivity index (χ3n) is 5.79. The number of hydrogen-bond acceptors (Lipinski definition) is 5. The van der Waals surface area contributed by atoms with Crippen molar-refractivity contribution >= 4 is 11.8 Å². The lowest BCUT2D eigenvalue weighted by molar-refractivity contribution is 0.143. The number of thioether (sulfide) groups is 1. The molecule has 2 heterocycles. The van der Waals surface area contributed by atoms with Gasteiger partial charge in [-0.3, -0.25) is 4.90 Å². The second kappa shape index (κ2) is 10.8. The van der Waals surface area contributed by atoms with E-state index in [0.29, 0.717) is 25.1 Å². The predicted octanol–water partition coefficient (Wildman–Crippen LogP) is 5.52. The summed E-state index contributed by atoms with van der Waals surface area (Å²) in [6.45, 7) is 5.39. The Morgan fingerprint density at radius 2 is 1.90 bits per heavy atom. The van der Waals surface area contributed by atoms with Crippen LogP contribution in [0.25, 0.3) is 0 Å². The third kappa shape index (κ3) is 5.88. The van der Waals surface area contributed by atoms with E-state index in [1.807, 2.05) is 24.0 Å². The number of pyridine rings is 1. The molecule has 3 aromatic rings. The topological polar surface area (TPSA) is 34.6 Å². The molecule has 1 atom stereocenters. The highest BCUT2D eigenvalue weighted by atomic mass is 32.2. The van der Waals surface area contributed by atoms with Gasteiger partial charge in [0.05, 0.1) is 6.61 Å². The van der Waals surface area contributed by atoms with Crippen LogP contribution in [0.2, 0.25) is 0 Å². The molecule has 0 N–H and O–H groups in total. The fraction of sp³-hybridized carbons (Fsp3) is 0.346. The number of hydrogen-bond donors (Lipinski definition) is 0. The van der Waals surface area contributed by atoms with E-state index in [4.69, 9.17) is 9.47 Å². The number of aromatic nitrogens is 1. The number of nitrogens with zero attached hydrogens (tertiary/aromatic N) is 2. The standard InChI is InChI=1S/C26H30N2O2S/c1-20(23-9-11-26(27-17-23)30-15-14-29-2)28-13-12-22-8-10-25(16-24(22)18-28)31-19-21-6-4-3-5-7-21/h3-11,16-17,20H,12-15,18-19H2,1-2H3. The molecular weight excluding hydrogens is 404 g/mol. The molecule has 4 rings (SSSR count). The van der Waals surface area contributed by atoms with Crippen molar-refractivity contribution in [2.45, 2.75) is 36.6 Å². The number of benzene rings is 2. The molecule has 1 unspecified atom stereocenters. The molecule has 4 nitrogen and oxygen atoms in total.